The Hall–Kier alpha value is -5.27. The summed E-state index contributed by atoms with van der Waals surface area (Å²) in [5.74, 6) is -2.31. The zero-order valence-electron chi connectivity index (χ0n) is 31.1. The third kappa shape index (κ3) is 5.95. The normalized spacial score (nSPS) is 21.5. The first-order valence-electron chi connectivity index (χ1n) is 18.6. The average Bonchev–Trinajstić information content (AvgIpc) is 3.92. The number of aliphatic hydroxyl groups is 1. The van der Waals surface area contributed by atoms with Gasteiger partial charge in [-0.1, -0.05) is 70.2 Å². The Morgan fingerprint density at radius 3 is 2.60 bits per heavy atom. The number of hydrogen-bond acceptors (Lipinski definition) is 9. The lowest BCUT2D eigenvalue weighted by molar-refractivity contribution is -0.135. The Morgan fingerprint density at radius 2 is 1.84 bits per heavy atom. The summed E-state index contributed by atoms with van der Waals surface area (Å²) >= 11 is 3.69. The van der Waals surface area contributed by atoms with Crippen LogP contribution in [0.2, 0.25) is 0 Å². The molecule has 55 heavy (non-hydrogen) atoms. The molecule has 0 fully saturated rings. The third-order valence-corrected chi connectivity index (χ3v) is 11.8. The number of aromatic nitrogens is 2. The lowest BCUT2D eigenvalue weighted by atomic mass is 9.72. The summed E-state index contributed by atoms with van der Waals surface area (Å²) in [5, 5.41) is 20.8. The van der Waals surface area contributed by atoms with Crippen molar-refractivity contribution in [3.63, 3.8) is 0 Å². The van der Waals surface area contributed by atoms with Crippen molar-refractivity contribution in [1.82, 2.24) is 20.6 Å². The summed E-state index contributed by atoms with van der Waals surface area (Å²) in [6.07, 6.45) is -0.295. The second-order valence-corrected chi connectivity index (χ2v) is 16.3. The number of carbonyl (C=O) groups excluding carboxylic acids is 4. The molecule has 1 spiro atoms. The van der Waals surface area contributed by atoms with Gasteiger partial charge in [0.15, 0.2) is 29.2 Å². The predicted molar refractivity (Wildman–Crippen MR) is 208 cm³/mol. The number of oxazole rings is 1. The van der Waals surface area contributed by atoms with Gasteiger partial charge < -0.3 is 35.2 Å². The van der Waals surface area contributed by atoms with E-state index in [-0.39, 0.29) is 54.4 Å². The molecule has 3 aliphatic rings. The van der Waals surface area contributed by atoms with Crippen molar-refractivity contribution in [2.45, 2.75) is 71.2 Å². The lowest BCUT2D eigenvalue weighted by Gasteiger charge is -2.28. The van der Waals surface area contributed by atoms with E-state index in [1.807, 2.05) is 75.4 Å². The van der Waals surface area contributed by atoms with E-state index in [1.54, 1.807) is 20.0 Å². The average molecular weight is 809 g/mol. The maximum absolute atomic E-state index is 14.5. The van der Waals surface area contributed by atoms with E-state index in [2.05, 4.69) is 36.9 Å². The molecule has 2 aromatic heterocycles. The summed E-state index contributed by atoms with van der Waals surface area (Å²) in [5.41, 5.74) is 4.00. The molecule has 4 bridgehead atoms. The van der Waals surface area contributed by atoms with Crippen molar-refractivity contribution in [3.05, 3.63) is 110 Å². The second kappa shape index (κ2) is 13.8. The molecular formula is C42H42BrN5O7. The lowest BCUT2D eigenvalue weighted by Crippen LogP contribution is -2.42. The number of benzene rings is 3. The number of nitrogens with one attached hydrogen (secondary N) is 4. The van der Waals surface area contributed by atoms with E-state index >= 15 is 0 Å². The molecule has 0 saturated heterocycles. The van der Waals surface area contributed by atoms with E-state index < -0.39 is 47.3 Å². The quantitative estimate of drug-likeness (QED) is 0.107. The molecule has 3 aliphatic heterocycles. The molecule has 5 N–H and O–H groups in total. The van der Waals surface area contributed by atoms with Crippen molar-refractivity contribution in [1.29, 1.82) is 0 Å². The Labute approximate surface area is 325 Å². The number of rotatable bonds is 9. The van der Waals surface area contributed by atoms with Gasteiger partial charge in [0.25, 0.3) is 5.91 Å². The summed E-state index contributed by atoms with van der Waals surface area (Å²) in [6, 6.07) is 16.3. The summed E-state index contributed by atoms with van der Waals surface area (Å²) in [7, 11) is 0. The maximum atomic E-state index is 14.5. The number of fused-ring (bicyclic) bond motifs is 5. The second-order valence-electron chi connectivity index (χ2n) is 15.5. The van der Waals surface area contributed by atoms with Crippen LogP contribution in [0.15, 0.2) is 69.7 Å². The van der Waals surface area contributed by atoms with Crippen molar-refractivity contribution < 1.29 is 33.4 Å². The summed E-state index contributed by atoms with van der Waals surface area (Å²) < 4.78 is 14.2. The molecule has 13 heteroatoms. The van der Waals surface area contributed by atoms with Crippen LogP contribution in [0.3, 0.4) is 0 Å². The highest BCUT2D eigenvalue weighted by atomic mass is 79.9. The Balaban J connectivity index is 1.27. The van der Waals surface area contributed by atoms with Crippen LogP contribution in [0.4, 0.5) is 5.69 Å². The number of halogens is 1. The number of para-hydroxylation sites is 2. The van der Waals surface area contributed by atoms with Crippen molar-refractivity contribution >= 4 is 55.9 Å². The van der Waals surface area contributed by atoms with Crippen molar-refractivity contribution in [2.75, 3.05) is 11.9 Å². The van der Waals surface area contributed by atoms with Gasteiger partial charge in [0.05, 0.1) is 12.2 Å². The molecule has 284 valence electrons. The fourth-order valence-corrected chi connectivity index (χ4v) is 8.70. The van der Waals surface area contributed by atoms with E-state index in [9.17, 15) is 24.3 Å². The highest BCUT2D eigenvalue weighted by Gasteiger charge is 2.61. The van der Waals surface area contributed by atoms with Gasteiger partial charge in [-0.05, 0) is 64.4 Å². The van der Waals surface area contributed by atoms with Crippen LogP contribution in [-0.2, 0) is 21.4 Å². The largest absolute Gasteiger partial charge is 0.469 e. The molecule has 2 amide bonds. The standard InChI is InChI=1S/C42H42BrN5O7/c1-19(2)32-40-47-35(39(53)45-18-30(50)25-17-44-33-21(5)8-6-9-24(25)33)37(55-40)42-26-10-7-11-28(43)34(26)48-41(42)54-31-13-12-22(15-27(31)42)14-23(38(52)46-32)16-29(49)36(51)20(3)4/h6-13,15,17,19-20,23,32,36,41,44,48,51H,14,16,18H2,1-5H3,(H,45,53)(H,46,52)/t23?,32-,36-,41-,42?/m0/s1. The van der Waals surface area contributed by atoms with Gasteiger partial charge in [0.2, 0.25) is 11.8 Å². The zero-order chi connectivity index (χ0) is 38.9. The SMILES string of the molecule is Cc1cccc2c(C(=O)CNC(=O)c3nc4oc3C35c6cc(ccc6O[C@@H]3Nc3c(Br)cccc35)CC(CC(=O)[C@@H](O)C(C)C)C(=O)N[C@H]4C(C)C)c[nH]c12. The number of nitrogens with zero attached hydrogens (tertiary/aromatic N) is 1. The molecule has 0 radical (unpaired) electrons. The fourth-order valence-electron chi connectivity index (χ4n) is 8.22. The molecule has 3 aromatic carbocycles. The van der Waals surface area contributed by atoms with Gasteiger partial charge in [-0.2, -0.15) is 0 Å². The van der Waals surface area contributed by atoms with Crippen LogP contribution < -0.4 is 20.7 Å². The van der Waals surface area contributed by atoms with Crippen LogP contribution in [0.25, 0.3) is 10.9 Å². The number of Topliss-reactive ketones (excluding diaryl/α,β-unsaturated/α-hetero) is 2. The summed E-state index contributed by atoms with van der Waals surface area (Å²) in [6.45, 7) is 8.96. The molecule has 0 saturated carbocycles. The van der Waals surface area contributed by atoms with E-state index in [0.29, 0.717) is 16.9 Å². The van der Waals surface area contributed by atoms with Crippen LogP contribution in [0, 0.1) is 24.7 Å². The minimum atomic E-state index is -1.23. The molecule has 8 rings (SSSR count). The van der Waals surface area contributed by atoms with Crippen LogP contribution in [-0.4, -0.2) is 57.3 Å². The smallest absolute Gasteiger partial charge is 0.273 e. The predicted octanol–water partition coefficient (Wildman–Crippen LogP) is 6.28. The number of carbonyl (C=O) groups is 4. The molecule has 5 heterocycles. The van der Waals surface area contributed by atoms with Gasteiger partial charge in [-0.15, -0.1) is 0 Å². The minimum Gasteiger partial charge on any atom is -0.469 e. The zero-order valence-corrected chi connectivity index (χ0v) is 32.7. The Kier molecular flexibility index (Phi) is 9.20. The number of amides is 2. The topological polar surface area (TPSA) is 176 Å². The van der Waals surface area contributed by atoms with Crippen LogP contribution in [0.5, 0.6) is 5.75 Å². The maximum Gasteiger partial charge on any atom is 0.273 e. The molecular weight excluding hydrogens is 766 g/mol. The van der Waals surface area contributed by atoms with Gasteiger partial charge in [0, 0.05) is 50.6 Å². The number of ketones is 2. The van der Waals surface area contributed by atoms with E-state index in [0.717, 1.165) is 37.8 Å². The first-order chi connectivity index (χ1) is 26.3. The number of H-pyrrole nitrogens is 1. The monoisotopic (exact) mass is 807 g/mol. The number of ether oxygens (including phenoxy) is 1. The van der Waals surface area contributed by atoms with E-state index in [1.165, 1.54) is 0 Å². The Morgan fingerprint density at radius 1 is 1.05 bits per heavy atom. The van der Waals surface area contributed by atoms with Gasteiger partial charge in [-0.3, -0.25) is 19.2 Å². The third-order valence-electron chi connectivity index (χ3n) is 11.2. The number of aliphatic hydroxyl groups excluding tert-OH is 1. The molecule has 12 nitrogen and oxygen atoms in total. The summed E-state index contributed by atoms with van der Waals surface area (Å²) in [4.78, 5) is 63.5. The van der Waals surface area contributed by atoms with Crippen LogP contribution >= 0.6 is 15.9 Å². The number of hydrogen-bond donors (Lipinski definition) is 5. The first kappa shape index (κ1) is 36.7. The van der Waals surface area contributed by atoms with Gasteiger partial charge >= 0.3 is 0 Å². The highest BCUT2D eigenvalue weighted by Crippen LogP contribution is 2.59. The highest BCUT2D eigenvalue weighted by molar-refractivity contribution is 9.10. The number of anilines is 1. The number of aromatic amines is 1. The Bertz CT molecular complexity index is 2400. The van der Waals surface area contributed by atoms with Crippen molar-refractivity contribution in [3.8, 4) is 5.75 Å². The molecule has 5 aromatic rings. The molecule has 2 unspecified atom stereocenters. The van der Waals surface area contributed by atoms with Gasteiger partial charge in [-0.25, -0.2) is 4.98 Å². The molecule has 0 aliphatic carbocycles. The van der Waals surface area contributed by atoms with E-state index in [4.69, 9.17) is 14.1 Å². The van der Waals surface area contributed by atoms with Gasteiger partial charge in [0.1, 0.15) is 23.3 Å². The minimum absolute atomic E-state index is 0.0509. The van der Waals surface area contributed by atoms with Crippen LogP contribution in [0.1, 0.15) is 94.9 Å². The number of aryl methyl sites for hydroxylation is 1. The molecule has 5 atom stereocenters. The van der Waals surface area contributed by atoms with Crippen molar-refractivity contribution in [2.24, 2.45) is 17.8 Å². The first-order valence-corrected chi connectivity index (χ1v) is 19.3. The fraction of sp³-hybridized carbons (Fsp3) is 0.357.